The SMILES string of the molecule is CC(=O)NCCCC(O)(c1cccc(Cl)c1)C1CCCNC1. The number of rotatable bonds is 6. The summed E-state index contributed by atoms with van der Waals surface area (Å²) < 4.78 is 0. The van der Waals surface area contributed by atoms with Gasteiger partial charge in [0, 0.05) is 31.0 Å². The normalized spacial score (nSPS) is 21.1. The summed E-state index contributed by atoms with van der Waals surface area (Å²) >= 11 is 6.11. The molecule has 0 saturated carbocycles. The van der Waals surface area contributed by atoms with Gasteiger partial charge in [-0.15, -0.1) is 0 Å². The Hall–Kier alpha value is -1.10. The van der Waals surface area contributed by atoms with Crippen LogP contribution in [-0.4, -0.2) is 30.6 Å². The molecule has 1 aliphatic rings. The summed E-state index contributed by atoms with van der Waals surface area (Å²) in [6.45, 7) is 3.91. The third kappa shape index (κ3) is 4.45. The molecule has 2 rings (SSSR count). The lowest BCUT2D eigenvalue weighted by atomic mass is 9.74. The van der Waals surface area contributed by atoms with Crippen molar-refractivity contribution in [2.45, 2.75) is 38.2 Å². The third-order valence-electron chi connectivity index (χ3n) is 4.41. The number of carbonyl (C=O) groups excluding carboxylic acids is 1. The van der Waals surface area contributed by atoms with Crippen molar-refractivity contribution >= 4 is 17.5 Å². The number of hydrogen-bond donors (Lipinski definition) is 3. The molecule has 0 bridgehead atoms. The molecule has 1 aromatic rings. The second kappa shape index (κ2) is 7.95. The van der Waals surface area contributed by atoms with E-state index in [4.69, 9.17) is 11.6 Å². The summed E-state index contributed by atoms with van der Waals surface area (Å²) in [4.78, 5) is 11.0. The van der Waals surface area contributed by atoms with E-state index >= 15 is 0 Å². The number of carbonyl (C=O) groups is 1. The number of amides is 1. The van der Waals surface area contributed by atoms with Gasteiger partial charge >= 0.3 is 0 Å². The zero-order chi connectivity index (χ0) is 16.0. The predicted octanol–water partition coefficient (Wildman–Crippen LogP) is 2.44. The molecule has 1 saturated heterocycles. The van der Waals surface area contributed by atoms with Gasteiger partial charge in [0.15, 0.2) is 0 Å². The molecule has 3 N–H and O–H groups in total. The van der Waals surface area contributed by atoms with E-state index in [-0.39, 0.29) is 11.8 Å². The second-order valence-corrected chi connectivity index (χ2v) is 6.50. The first-order chi connectivity index (χ1) is 10.5. The number of benzene rings is 1. The topological polar surface area (TPSA) is 61.4 Å². The Bertz CT molecular complexity index is 503. The summed E-state index contributed by atoms with van der Waals surface area (Å²) in [6.07, 6.45) is 3.41. The Morgan fingerprint density at radius 2 is 2.36 bits per heavy atom. The molecule has 2 unspecified atom stereocenters. The molecular weight excluding hydrogens is 300 g/mol. The quantitative estimate of drug-likeness (QED) is 0.704. The molecule has 2 atom stereocenters. The highest BCUT2D eigenvalue weighted by Gasteiger charge is 2.38. The van der Waals surface area contributed by atoms with E-state index < -0.39 is 5.60 Å². The van der Waals surface area contributed by atoms with Gasteiger partial charge in [0.1, 0.15) is 0 Å². The van der Waals surface area contributed by atoms with Crippen LogP contribution in [0.5, 0.6) is 0 Å². The van der Waals surface area contributed by atoms with Gasteiger partial charge in [0.2, 0.25) is 5.91 Å². The monoisotopic (exact) mass is 324 g/mol. The molecule has 1 aromatic carbocycles. The predicted molar refractivity (Wildman–Crippen MR) is 88.9 cm³/mol. The van der Waals surface area contributed by atoms with Gasteiger partial charge in [-0.3, -0.25) is 4.79 Å². The lowest BCUT2D eigenvalue weighted by molar-refractivity contribution is -0.119. The van der Waals surface area contributed by atoms with Crippen molar-refractivity contribution in [1.82, 2.24) is 10.6 Å². The number of aliphatic hydroxyl groups is 1. The highest BCUT2D eigenvalue weighted by molar-refractivity contribution is 6.30. The summed E-state index contributed by atoms with van der Waals surface area (Å²) in [5.41, 5.74) is -0.0342. The van der Waals surface area contributed by atoms with Crippen molar-refractivity contribution in [3.8, 4) is 0 Å². The molecule has 1 fully saturated rings. The van der Waals surface area contributed by atoms with Crippen LogP contribution in [0.4, 0.5) is 0 Å². The lowest BCUT2D eigenvalue weighted by Gasteiger charge is -2.39. The molecule has 0 radical (unpaired) electrons. The largest absolute Gasteiger partial charge is 0.385 e. The second-order valence-electron chi connectivity index (χ2n) is 6.06. The van der Waals surface area contributed by atoms with Crippen LogP contribution in [0.1, 0.15) is 38.2 Å². The van der Waals surface area contributed by atoms with Crippen molar-refractivity contribution in [2.75, 3.05) is 19.6 Å². The fraction of sp³-hybridized carbons (Fsp3) is 0.588. The molecule has 1 amide bonds. The van der Waals surface area contributed by atoms with Gasteiger partial charge in [-0.25, -0.2) is 0 Å². The number of piperidine rings is 1. The average Bonchev–Trinajstić information content (AvgIpc) is 2.52. The van der Waals surface area contributed by atoms with Gasteiger partial charge in [-0.2, -0.15) is 0 Å². The van der Waals surface area contributed by atoms with Gasteiger partial charge in [-0.1, -0.05) is 23.7 Å². The molecule has 1 heterocycles. The minimum atomic E-state index is -0.906. The summed E-state index contributed by atoms with van der Waals surface area (Å²) in [6, 6.07) is 7.50. The first-order valence-electron chi connectivity index (χ1n) is 7.96. The van der Waals surface area contributed by atoms with Crippen molar-refractivity contribution in [1.29, 1.82) is 0 Å². The lowest BCUT2D eigenvalue weighted by Crippen LogP contribution is -2.44. The van der Waals surface area contributed by atoms with Gasteiger partial charge in [-0.05, 0) is 49.9 Å². The zero-order valence-electron chi connectivity index (χ0n) is 13.1. The van der Waals surface area contributed by atoms with Crippen LogP contribution in [-0.2, 0) is 10.4 Å². The average molecular weight is 325 g/mol. The first-order valence-corrected chi connectivity index (χ1v) is 8.34. The molecule has 1 aliphatic heterocycles. The number of halogens is 1. The Morgan fingerprint density at radius 1 is 1.55 bits per heavy atom. The maximum absolute atomic E-state index is 11.4. The Kier molecular flexibility index (Phi) is 6.24. The van der Waals surface area contributed by atoms with Crippen LogP contribution in [0.15, 0.2) is 24.3 Å². The van der Waals surface area contributed by atoms with E-state index in [1.54, 1.807) is 0 Å². The van der Waals surface area contributed by atoms with Crippen LogP contribution in [0, 0.1) is 5.92 Å². The maximum atomic E-state index is 11.4. The van der Waals surface area contributed by atoms with Crippen molar-refractivity contribution < 1.29 is 9.90 Å². The minimum absolute atomic E-state index is 0.0365. The molecule has 0 spiro atoms. The smallest absolute Gasteiger partial charge is 0.216 e. The molecule has 0 aliphatic carbocycles. The molecule has 4 nitrogen and oxygen atoms in total. The standard InChI is InChI=1S/C17H25ClN2O2/c1-13(21)20-10-4-8-17(22,15-6-3-9-19-12-15)14-5-2-7-16(18)11-14/h2,5,7,11,15,19,22H,3-4,6,8-10,12H2,1H3,(H,20,21). The zero-order valence-corrected chi connectivity index (χ0v) is 13.8. The summed E-state index contributed by atoms with van der Waals surface area (Å²) in [7, 11) is 0. The Balaban J connectivity index is 2.13. The van der Waals surface area contributed by atoms with Gasteiger partial charge < -0.3 is 15.7 Å². The van der Waals surface area contributed by atoms with Crippen LogP contribution in [0.25, 0.3) is 0 Å². The van der Waals surface area contributed by atoms with E-state index in [0.717, 1.165) is 37.9 Å². The maximum Gasteiger partial charge on any atom is 0.216 e. The first kappa shape index (κ1) is 17.3. The van der Waals surface area contributed by atoms with E-state index in [0.29, 0.717) is 18.0 Å². The van der Waals surface area contributed by atoms with Crippen LogP contribution < -0.4 is 10.6 Å². The molecule has 22 heavy (non-hydrogen) atoms. The third-order valence-corrected chi connectivity index (χ3v) is 4.64. The fourth-order valence-corrected chi connectivity index (χ4v) is 3.41. The van der Waals surface area contributed by atoms with E-state index in [1.165, 1.54) is 6.92 Å². The van der Waals surface area contributed by atoms with Crippen LogP contribution in [0.3, 0.4) is 0 Å². The van der Waals surface area contributed by atoms with Crippen LogP contribution in [0.2, 0.25) is 5.02 Å². The Labute approximate surface area is 137 Å². The molecule has 0 aromatic heterocycles. The highest BCUT2D eigenvalue weighted by Crippen LogP contribution is 2.38. The number of hydrogen-bond acceptors (Lipinski definition) is 3. The van der Waals surface area contributed by atoms with Crippen LogP contribution >= 0.6 is 11.6 Å². The summed E-state index contributed by atoms with van der Waals surface area (Å²) in [5, 5.41) is 18.2. The number of nitrogens with one attached hydrogen (secondary N) is 2. The molecule has 122 valence electrons. The van der Waals surface area contributed by atoms with Gasteiger partial charge in [0.25, 0.3) is 0 Å². The van der Waals surface area contributed by atoms with Crippen molar-refractivity contribution in [3.05, 3.63) is 34.9 Å². The minimum Gasteiger partial charge on any atom is -0.385 e. The summed E-state index contributed by atoms with van der Waals surface area (Å²) in [5.74, 6) is 0.127. The van der Waals surface area contributed by atoms with Crippen molar-refractivity contribution in [2.24, 2.45) is 5.92 Å². The van der Waals surface area contributed by atoms with E-state index in [9.17, 15) is 9.90 Å². The van der Waals surface area contributed by atoms with Gasteiger partial charge in [0.05, 0.1) is 5.60 Å². The molecular formula is C17H25ClN2O2. The van der Waals surface area contributed by atoms with E-state index in [1.807, 2.05) is 24.3 Å². The Morgan fingerprint density at radius 3 is 3.00 bits per heavy atom. The van der Waals surface area contributed by atoms with Crippen molar-refractivity contribution in [3.63, 3.8) is 0 Å². The highest BCUT2D eigenvalue weighted by atomic mass is 35.5. The van der Waals surface area contributed by atoms with E-state index in [2.05, 4.69) is 10.6 Å². The molecule has 5 heteroatoms. The fourth-order valence-electron chi connectivity index (χ4n) is 3.22.